The molecule has 0 radical (unpaired) electrons. The first-order valence-electron chi connectivity index (χ1n) is 4.94. The summed E-state index contributed by atoms with van der Waals surface area (Å²) in [6, 6.07) is 6.89. The van der Waals surface area contributed by atoms with Gasteiger partial charge in [-0.25, -0.2) is 4.98 Å². The monoisotopic (exact) mass is 248 g/mol. The van der Waals surface area contributed by atoms with Gasteiger partial charge < -0.3 is 5.11 Å². The summed E-state index contributed by atoms with van der Waals surface area (Å²) >= 11 is 5.86. The molecule has 0 amide bonds. The Labute approximate surface area is 103 Å². The molecule has 0 atom stereocenters. The lowest BCUT2D eigenvalue weighted by Crippen LogP contribution is -2.01. The van der Waals surface area contributed by atoms with E-state index < -0.39 is 5.97 Å². The van der Waals surface area contributed by atoms with Crippen molar-refractivity contribution in [2.75, 3.05) is 0 Å². The van der Waals surface area contributed by atoms with Crippen molar-refractivity contribution in [1.82, 2.24) is 9.97 Å². The summed E-state index contributed by atoms with van der Waals surface area (Å²) < 4.78 is 0. The zero-order valence-corrected chi connectivity index (χ0v) is 9.55. The van der Waals surface area contributed by atoms with E-state index in [2.05, 4.69) is 9.97 Å². The van der Waals surface area contributed by atoms with E-state index in [0.717, 1.165) is 5.56 Å². The van der Waals surface area contributed by atoms with Crippen LogP contribution in [0.4, 0.5) is 0 Å². The fourth-order valence-corrected chi connectivity index (χ4v) is 1.72. The van der Waals surface area contributed by atoms with Gasteiger partial charge >= 0.3 is 5.97 Å². The first kappa shape index (κ1) is 11.5. The van der Waals surface area contributed by atoms with Crippen LogP contribution in [0.2, 0.25) is 5.15 Å². The van der Waals surface area contributed by atoms with Crippen LogP contribution in [-0.4, -0.2) is 21.0 Å². The summed E-state index contributed by atoms with van der Waals surface area (Å²) in [5, 5.41) is 9.02. The highest BCUT2D eigenvalue weighted by atomic mass is 35.5. The van der Waals surface area contributed by atoms with Gasteiger partial charge in [0.2, 0.25) is 0 Å². The number of halogens is 1. The second-order valence-electron chi connectivity index (χ2n) is 3.50. The molecule has 17 heavy (non-hydrogen) atoms. The lowest BCUT2D eigenvalue weighted by atomic mass is 10.1. The highest BCUT2D eigenvalue weighted by Crippen LogP contribution is 2.20. The number of pyridine rings is 2. The second-order valence-corrected chi connectivity index (χ2v) is 3.88. The molecule has 2 heterocycles. The maximum atomic E-state index is 10.7. The van der Waals surface area contributed by atoms with Crippen molar-refractivity contribution in [2.24, 2.45) is 0 Å². The van der Waals surface area contributed by atoms with Crippen LogP contribution >= 0.6 is 11.6 Å². The smallest absolute Gasteiger partial charge is 0.307 e. The molecule has 0 unspecified atom stereocenters. The van der Waals surface area contributed by atoms with E-state index >= 15 is 0 Å². The molecule has 2 aromatic heterocycles. The van der Waals surface area contributed by atoms with Gasteiger partial charge in [0, 0.05) is 18.0 Å². The van der Waals surface area contributed by atoms with Crippen LogP contribution < -0.4 is 0 Å². The number of aromatic nitrogens is 2. The predicted molar refractivity (Wildman–Crippen MR) is 63.8 cm³/mol. The number of hydrogen-bond acceptors (Lipinski definition) is 3. The fraction of sp³-hybridized carbons (Fsp3) is 0.0833. The number of carboxylic acid groups (broad SMARTS) is 1. The molecule has 2 rings (SSSR count). The molecule has 0 saturated heterocycles. The molecule has 0 bridgehead atoms. The number of carboxylic acids is 1. The van der Waals surface area contributed by atoms with Gasteiger partial charge in [-0.3, -0.25) is 9.78 Å². The van der Waals surface area contributed by atoms with Gasteiger partial charge in [-0.15, -0.1) is 0 Å². The Bertz CT molecular complexity index is 543. The van der Waals surface area contributed by atoms with Crippen molar-refractivity contribution < 1.29 is 9.90 Å². The van der Waals surface area contributed by atoms with Crippen LogP contribution in [0.25, 0.3) is 11.3 Å². The highest BCUT2D eigenvalue weighted by molar-refractivity contribution is 6.29. The Morgan fingerprint density at radius 2 is 2.24 bits per heavy atom. The minimum absolute atomic E-state index is 0.0739. The molecule has 1 N–H and O–H groups in total. The Hall–Kier alpha value is -1.94. The van der Waals surface area contributed by atoms with Crippen LogP contribution in [0.15, 0.2) is 36.7 Å². The number of nitrogens with zero attached hydrogens (tertiary/aromatic N) is 2. The standard InChI is InChI=1S/C12H9ClN2O2/c13-11-5-8(6-12(16)17)4-10(15-11)9-2-1-3-14-7-9/h1-5,7H,6H2,(H,16,17). The number of hydrogen-bond donors (Lipinski definition) is 1. The second kappa shape index (κ2) is 4.93. The average molecular weight is 249 g/mol. The zero-order chi connectivity index (χ0) is 12.3. The first-order valence-corrected chi connectivity index (χ1v) is 5.31. The Kier molecular flexibility index (Phi) is 3.35. The summed E-state index contributed by atoms with van der Waals surface area (Å²) in [6.45, 7) is 0. The van der Waals surface area contributed by atoms with Crippen LogP contribution in [0.1, 0.15) is 5.56 Å². The van der Waals surface area contributed by atoms with E-state index in [4.69, 9.17) is 16.7 Å². The third kappa shape index (κ3) is 3.01. The number of rotatable bonds is 3. The van der Waals surface area contributed by atoms with E-state index in [-0.39, 0.29) is 11.6 Å². The van der Waals surface area contributed by atoms with Gasteiger partial charge in [0.1, 0.15) is 5.15 Å². The van der Waals surface area contributed by atoms with Crippen molar-refractivity contribution in [1.29, 1.82) is 0 Å². The topological polar surface area (TPSA) is 63.1 Å². The normalized spacial score (nSPS) is 10.2. The van der Waals surface area contributed by atoms with E-state index in [9.17, 15) is 4.79 Å². The number of carbonyl (C=O) groups is 1. The molecule has 0 aromatic carbocycles. The maximum Gasteiger partial charge on any atom is 0.307 e. The minimum atomic E-state index is -0.899. The molecule has 0 saturated carbocycles. The maximum absolute atomic E-state index is 10.7. The third-order valence-electron chi connectivity index (χ3n) is 2.17. The van der Waals surface area contributed by atoms with Gasteiger partial charge in [0.05, 0.1) is 12.1 Å². The van der Waals surface area contributed by atoms with Crippen LogP contribution in [0, 0.1) is 0 Å². The van der Waals surface area contributed by atoms with Crippen LogP contribution in [0.5, 0.6) is 0 Å². The molecule has 86 valence electrons. The lowest BCUT2D eigenvalue weighted by molar-refractivity contribution is -0.136. The van der Waals surface area contributed by atoms with E-state index in [0.29, 0.717) is 11.3 Å². The minimum Gasteiger partial charge on any atom is -0.481 e. The summed E-state index contributed by atoms with van der Waals surface area (Å²) in [4.78, 5) is 18.8. The SMILES string of the molecule is O=C(O)Cc1cc(Cl)nc(-c2cccnc2)c1. The van der Waals surface area contributed by atoms with Crippen molar-refractivity contribution in [3.63, 3.8) is 0 Å². The molecule has 2 aromatic rings. The summed E-state index contributed by atoms with van der Waals surface area (Å²) in [7, 11) is 0. The largest absolute Gasteiger partial charge is 0.481 e. The van der Waals surface area contributed by atoms with Gasteiger partial charge in [-0.05, 0) is 29.8 Å². The van der Waals surface area contributed by atoms with Crippen LogP contribution in [-0.2, 0) is 11.2 Å². The third-order valence-corrected chi connectivity index (χ3v) is 2.36. The quantitative estimate of drug-likeness (QED) is 0.848. The van der Waals surface area contributed by atoms with E-state index in [1.807, 2.05) is 6.07 Å². The van der Waals surface area contributed by atoms with E-state index in [1.165, 1.54) is 0 Å². The summed E-state index contributed by atoms with van der Waals surface area (Å²) in [6.07, 6.45) is 3.24. The van der Waals surface area contributed by atoms with Crippen molar-refractivity contribution >= 4 is 17.6 Å². The van der Waals surface area contributed by atoms with Gasteiger partial charge in [-0.2, -0.15) is 0 Å². The van der Waals surface area contributed by atoms with Gasteiger partial charge in [0.15, 0.2) is 0 Å². The van der Waals surface area contributed by atoms with Crippen LogP contribution in [0.3, 0.4) is 0 Å². The van der Waals surface area contributed by atoms with Gasteiger partial charge in [0.25, 0.3) is 0 Å². The zero-order valence-electron chi connectivity index (χ0n) is 8.80. The molecular weight excluding hydrogens is 240 g/mol. The lowest BCUT2D eigenvalue weighted by Gasteiger charge is -2.04. The molecule has 5 heteroatoms. The molecule has 0 aliphatic heterocycles. The molecule has 0 aliphatic rings. The fourth-order valence-electron chi connectivity index (χ4n) is 1.49. The summed E-state index contributed by atoms with van der Waals surface area (Å²) in [5.74, 6) is -0.899. The highest BCUT2D eigenvalue weighted by Gasteiger charge is 2.06. The molecule has 0 spiro atoms. The first-order chi connectivity index (χ1) is 8.15. The van der Waals surface area contributed by atoms with Gasteiger partial charge in [-0.1, -0.05) is 11.6 Å². The molecular formula is C12H9ClN2O2. The summed E-state index contributed by atoms with van der Waals surface area (Å²) in [5.41, 5.74) is 2.06. The van der Waals surface area contributed by atoms with Crippen molar-refractivity contribution in [3.8, 4) is 11.3 Å². The van der Waals surface area contributed by atoms with Crippen molar-refractivity contribution in [2.45, 2.75) is 6.42 Å². The Morgan fingerprint density at radius 3 is 2.88 bits per heavy atom. The molecule has 0 aliphatic carbocycles. The predicted octanol–water partition coefficient (Wildman–Crippen LogP) is 2.42. The average Bonchev–Trinajstić information content (AvgIpc) is 2.28. The Morgan fingerprint density at radius 1 is 1.41 bits per heavy atom. The Balaban J connectivity index is 2.42. The van der Waals surface area contributed by atoms with Crippen molar-refractivity contribution in [3.05, 3.63) is 47.4 Å². The number of aliphatic carboxylic acids is 1. The molecule has 4 nitrogen and oxygen atoms in total. The van der Waals surface area contributed by atoms with E-state index in [1.54, 1.807) is 30.6 Å². The molecule has 0 fully saturated rings.